The van der Waals surface area contributed by atoms with Gasteiger partial charge in [0.15, 0.2) is 0 Å². The van der Waals surface area contributed by atoms with Crippen LogP contribution in [0.4, 0.5) is 5.69 Å². The Bertz CT molecular complexity index is 1270. The van der Waals surface area contributed by atoms with Gasteiger partial charge in [-0.1, -0.05) is 60.1 Å². The Hall–Kier alpha value is -4.09. The van der Waals surface area contributed by atoms with Crippen LogP contribution in [0.3, 0.4) is 0 Å². The lowest BCUT2D eigenvalue weighted by atomic mass is 10.0. The molecule has 4 aromatic carbocycles. The Morgan fingerprint density at radius 2 is 1.50 bits per heavy atom. The summed E-state index contributed by atoms with van der Waals surface area (Å²) in [5, 5.41) is 12.3. The third-order valence-corrected chi connectivity index (χ3v) is 4.99. The number of anilines is 1. The van der Waals surface area contributed by atoms with Crippen molar-refractivity contribution >= 4 is 29.2 Å². The van der Waals surface area contributed by atoms with E-state index >= 15 is 0 Å². The van der Waals surface area contributed by atoms with Crippen LogP contribution in [0.25, 0.3) is 11.1 Å². The number of hydrogen-bond donors (Lipinski definition) is 2. The average molecular weight is 444 g/mol. The Morgan fingerprint density at radius 1 is 0.812 bits per heavy atom. The first-order valence-electron chi connectivity index (χ1n) is 9.78. The van der Waals surface area contributed by atoms with E-state index in [1.54, 1.807) is 12.1 Å². The number of carboxylic acid groups (broad SMARTS) is 1. The summed E-state index contributed by atoms with van der Waals surface area (Å²) in [6.45, 7) is 0. The number of nitrogens with one attached hydrogen (secondary N) is 1. The topological polar surface area (TPSA) is 75.6 Å². The number of para-hydroxylation sites is 1. The van der Waals surface area contributed by atoms with Gasteiger partial charge >= 0.3 is 5.97 Å². The molecule has 6 heteroatoms. The van der Waals surface area contributed by atoms with Crippen LogP contribution in [-0.2, 0) is 0 Å². The zero-order valence-electron chi connectivity index (χ0n) is 16.8. The van der Waals surface area contributed by atoms with E-state index in [0.29, 0.717) is 17.1 Å². The van der Waals surface area contributed by atoms with E-state index in [1.165, 1.54) is 18.2 Å². The summed E-state index contributed by atoms with van der Waals surface area (Å²) in [7, 11) is 0. The summed E-state index contributed by atoms with van der Waals surface area (Å²) in [5.74, 6) is -0.514. The third kappa shape index (κ3) is 4.79. The molecule has 0 heterocycles. The Kier molecular flexibility index (Phi) is 6.19. The number of carboxylic acids is 1. The van der Waals surface area contributed by atoms with E-state index in [0.717, 1.165) is 11.1 Å². The molecular weight excluding hydrogens is 426 g/mol. The first-order chi connectivity index (χ1) is 15.5. The van der Waals surface area contributed by atoms with E-state index < -0.39 is 11.9 Å². The molecular formula is C26H18ClNO4. The van der Waals surface area contributed by atoms with Gasteiger partial charge in [-0.05, 0) is 54.1 Å². The summed E-state index contributed by atoms with van der Waals surface area (Å²) in [6.07, 6.45) is 0. The van der Waals surface area contributed by atoms with Crippen LogP contribution in [0.1, 0.15) is 20.7 Å². The van der Waals surface area contributed by atoms with Gasteiger partial charge < -0.3 is 15.2 Å². The van der Waals surface area contributed by atoms with E-state index in [9.17, 15) is 14.7 Å². The van der Waals surface area contributed by atoms with Crippen molar-refractivity contribution in [1.82, 2.24) is 0 Å². The maximum atomic E-state index is 12.9. The maximum Gasteiger partial charge on any atom is 0.337 e. The zero-order valence-corrected chi connectivity index (χ0v) is 17.5. The number of halogens is 1. The fraction of sp³-hybridized carbons (Fsp3) is 0. The second kappa shape index (κ2) is 9.37. The molecule has 158 valence electrons. The molecule has 4 aromatic rings. The maximum absolute atomic E-state index is 12.9. The molecule has 4 rings (SSSR count). The number of ether oxygens (including phenoxy) is 1. The molecule has 5 nitrogen and oxygen atoms in total. The van der Waals surface area contributed by atoms with Crippen LogP contribution in [0.5, 0.6) is 11.5 Å². The van der Waals surface area contributed by atoms with Crippen molar-refractivity contribution in [3.63, 3.8) is 0 Å². The largest absolute Gasteiger partial charge is 0.478 e. The van der Waals surface area contributed by atoms with Crippen LogP contribution < -0.4 is 10.1 Å². The molecule has 0 atom stereocenters. The lowest BCUT2D eigenvalue weighted by molar-refractivity contribution is 0.0698. The summed E-state index contributed by atoms with van der Waals surface area (Å²) >= 11 is 5.90. The second-order valence-electron chi connectivity index (χ2n) is 6.94. The molecule has 0 spiro atoms. The van der Waals surface area contributed by atoms with Gasteiger partial charge in [0.1, 0.15) is 11.5 Å². The summed E-state index contributed by atoms with van der Waals surface area (Å²) < 4.78 is 6.09. The van der Waals surface area contributed by atoms with Crippen LogP contribution in [-0.4, -0.2) is 17.0 Å². The molecule has 0 aliphatic rings. The van der Waals surface area contributed by atoms with Gasteiger partial charge in [-0.15, -0.1) is 0 Å². The van der Waals surface area contributed by atoms with Crippen molar-refractivity contribution in [2.75, 3.05) is 5.32 Å². The standard InChI is InChI=1S/C26H18ClNO4/c27-19-12-14-23(22(16-19)26(30)31)28-25(29)18-11-13-21(17-7-3-1-4-8-17)24(15-18)32-20-9-5-2-6-10-20/h1-16H,(H,28,29)(H,30,31). The molecule has 0 radical (unpaired) electrons. The Morgan fingerprint density at radius 3 is 2.19 bits per heavy atom. The first kappa shape index (κ1) is 21.2. The monoisotopic (exact) mass is 443 g/mol. The van der Waals surface area contributed by atoms with Crippen LogP contribution >= 0.6 is 11.6 Å². The molecule has 0 aliphatic heterocycles. The predicted molar refractivity (Wildman–Crippen MR) is 125 cm³/mol. The van der Waals surface area contributed by atoms with E-state index in [2.05, 4.69) is 5.32 Å². The number of aromatic carboxylic acids is 1. The summed E-state index contributed by atoms with van der Waals surface area (Å²) in [5.41, 5.74) is 2.15. The molecule has 0 fully saturated rings. The van der Waals surface area contributed by atoms with Crippen molar-refractivity contribution < 1.29 is 19.4 Å². The number of carbonyl (C=O) groups excluding carboxylic acids is 1. The predicted octanol–water partition coefficient (Wildman–Crippen LogP) is 6.75. The minimum Gasteiger partial charge on any atom is -0.478 e. The van der Waals surface area contributed by atoms with Crippen LogP contribution in [0, 0.1) is 0 Å². The van der Waals surface area contributed by atoms with Crippen molar-refractivity contribution in [3.8, 4) is 22.6 Å². The van der Waals surface area contributed by atoms with Crippen LogP contribution in [0.2, 0.25) is 5.02 Å². The summed E-state index contributed by atoms with van der Waals surface area (Å²) in [6, 6.07) is 28.4. The van der Waals surface area contributed by atoms with Gasteiger partial charge in [0.05, 0.1) is 11.3 Å². The number of carbonyl (C=O) groups is 2. The SMILES string of the molecule is O=C(Nc1ccc(Cl)cc1C(=O)O)c1ccc(-c2ccccc2)c(Oc2ccccc2)c1. The highest BCUT2D eigenvalue weighted by atomic mass is 35.5. The number of amides is 1. The molecule has 0 unspecified atom stereocenters. The van der Waals surface area contributed by atoms with E-state index in [-0.39, 0.29) is 16.3 Å². The van der Waals surface area contributed by atoms with Crippen molar-refractivity contribution in [1.29, 1.82) is 0 Å². The fourth-order valence-corrected chi connectivity index (χ4v) is 3.39. The molecule has 0 aromatic heterocycles. The minimum atomic E-state index is -1.18. The molecule has 0 saturated carbocycles. The Balaban J connectivity index is 1.70. The highest BCUT2D eigenvalue weighted by Crippen LogP contribution is 2.34. The molecule has 0 saturated heterocycles. The van der Waals surface area contributed by atoms with Gasteiger partial charge in [0.2, 0.25) is 0 Å². The molecule has 2 N–H and O–H groups in total. The van der Waals surface area contributed by atoms with Gasteiger partial charge in [0, 0.05) is 16.1 Å². The third-order valence-electron chi connectivity index (χ3n) is 4.76. The highest BCUT2D eigenvalue weighted by Gasteiger charge is 2.17. The van der Waals surface area contributed by atoms with E-state index in [4.69, 9.17) is 16.3 Å². The molecule has 1 amide bonds. The first-order valence-corrected chi connectivity index (χ1v) is 10.2. The highest BCUT2D eigenvalue weighted by molar-refractivity contribution is 6.31. The average Bonchev–Trinajstić information content (AvgIpc) is 2.81. The normalized spacial score (nSPS) is 10.4. The molecule has 32 heavy (non-hydrogen) atoms. The summed E-state index contributed by atoms with van der Waals surface area (Å²) in [4.78, 5) is 24.5. The van der Waals surface area contributed by atoms with Crippen molar-refractivity contribution in [3.05, 3.63) is 113 Å². The van der Waals surface area contributed by atoms with Crippen LogP contribution in [0.15, 0.2) is 97.1 Å². The quantitative estimate of drug-likeness (QED) is 0.345. The fourth-order valence-electron chi connectivity index (χ4n) is 3.22. The van der Waals surface area contributed by atoms with Gasteiger partial charge in [-0.25, -0.2) is 4.79 Å². The van der Waals surface area contributed by atoms with Crippen molar-refractivity contribution in [2.45, 2.75) is 0 Å². The number of hydrogen-bond acceptors (Lipinski definition) is 3. The zero-order chi connectivity index (χ0) is 22.5. The second-order valence-corrected chi connectivity index (χ2v) is 7.38. The lowest BCUT2D eigenvalue weighted by Gasteiger charge is -2.14. The molecule has 0 bridgehead atoms. The minimum absolute atomic E-state index is 0.0903. The smallest absolute Gasteiger partial charge is 0.337 e. The Labute approximate surface area is 189 Å². The number of rotatable bonds is 6. The lowest BCUT2D eigenvalue weighted by Crippen LogP contribution is -2.15. The van der Waals surface area contributed by atoms with E-state index in [1.807, 2.05) is 66.7 Å². The van der Waals surface area contributed by atoms with Gasteiger partial charge in [-0.3, -0.25) is 4.79 Å². The molecule has 0 aliphatic carbocycles. The van der Waals surface area contributed by atoms with Crippen molar-refractivity contribution in [2.24, 2.45) is 0 Å². The van der Waals surface area contributed by atoms with Gasteiger partial charge in [-0.2, -0.15) is 0 Å². The van der Waals surface area contributed by atoms with Gasteiger partial charge in [0.25, 0.3) is 5.91 Å². The number of benzene rings is 4.